The van der Waals surface area contributed by atoms with Gasteiger partial charge in [0.2, 0.25) is 0 Å². The minimum Gasteiger partial charge on any atom is -0.385 e. The Morgan fingerprint density at radius 1 is 1.06 bits per heavy atom. The Bertz CT molecular complexity index is 416. The van der Waals surface area contributed by atoms with Crippen molar-refractivity contribution in [1.29, 1.82) is 0 Å². The zero-order chi connectivity index (χ0) is 12.4. The third kappa shape index (κ3) is 2.32. The molecular formula is C15H23N3. The van der Waals surface area contributed by atoms with E-state index in [-0.39, 0.29) is 0 Å². The summed E-state index contributed by atoms with van der Waals surface area (Å²) in [6, 6.07) is 6.72. The molecule has 0 bridgehead atoms. The molecule has 1 N–H and O–H groups in total. The van der Waals surface area contributed by atoms with E-state index < -0.39 is 0 Å². The smallest absolute Gasteiger partial charge is 0.0420 e. The van der Waals surface area contributed by atoms with E-state index >= 15 is 0 Å². The average molecular weight is 245 g/mol. The van der Waals surface area contributed by atoms with Crippen LogP contribution in [0.3, 0.4) is 0 Å². The Hall–Kier alpha value is -1.22. The lowest BCUT2D eigenvalue weighted by Crippen LogP contribution is -2.30. The van der Waals surface area contributed by atoms with Crippen molar-refractivity contribution in [3.8, 4) is 0 Å². The van der Waals surface area contributed by atoms with Crippen molar-refractivity contribution in [3.05, 3.63) is 23.8 Å². The van der Waals surface area contributed by atoms with Crippen LogP contribution in [0.2, 0.25) is 0 Å². The number of hydrogen-bond acceptors (Lipinski definition) is 3. The number of anilines is 2. The van der Waals surface area contributed by atoms with Crippen LogP contribution in [0.1, 0.15) is 18.4 Å². The lowest BCUT2D eigenvalue weighted by molar-refractivity contribution is 0.360. The predicted molar refractivity (Wildman–Crippen MR) is 77.6 cm³/mol. The summed E-state index contributed by atoms with van der Waals surface area (Å²) in [4.78, 5) is 5.02. The van der Waals surface area contributed by atoms with E-state index in [1.54, 1.807) is 0 Å². The summed E-state index contributed by atoms with van der Waals surface area (Å²) in [5.41, 5.74) is 4.36. The molecule has 3 nitrogen and oxygen atoms in total. The number of nitrogens with one attached hydrogen (secondary N) is 1. The van der Waals surface area contributed by atoms with Crippen LogP contribution in [0, 0.1) is 0 Å². The van der Waals surface area contributed by atoms with Crippen molar-refractivity contribution in [2.45, 2.75) is 19.3 Å². The number of likely N-dealkylation sites (N-methyl/N-ethyl adjacent to an activating group) is 1. The second-order valence-corrected chi connectivity index (χ2v) is 5.48. The third-order valence-electron chi connectivity index (χ3n) is 4.13. The maximum absolute atomic E-state index is 3.53. The molecule has 0 aliphatic carbocycles. The lowest BCUT2D eigenvalue weighted by Gasteiger charge is -2.29. The number of hydrogen-bond donors (Lipinski definition) is 1. The molecule has 0 atom stereocenters. The molecule has 0 radical (unpaired) electrons. The quantitative estimate of drug-likeness (QED) is 0.818. The van der Waals surface area contributed by atoms with Gasteiger partial charge in [-0.15, -0.1) is 0 Å². The first kappa shape index (κ1) is 11.8. The summed E-state index contributed by atoms with van der Waals surface area (Å²) in [5.74, 6) is 0. The topological polar surface area (TPSA) is 18.5 Å². The van der Waals surface area contributed by atoms with Crippen molar-refractivity contribution in [3.63, 3.8) is 0 Å². The molecule has 0 aromatic heterocycles. The minimum absolute atomic E-state index is 1.12. The van der Waals surface area contributed by atoms with E-state index in [9.17, 15) is 0 Å². The van der Waals surface area contributed by atoms with Gasteiger partial charge in [-0.2, -0.15) is 0 Å². The molecule has 1 fully saturated rings. The van der Waals surface area contributed by atoms with E-state index in [0.717, 1.165) is 13.1 Å². The van der Waals surface area contributed by atoms with E-state index in [1.807, 2.05) is 0 Å². The van der Waals surface area contributed by atoms with Crippen molar-refractivity contribution in [2.75, 3.05) is 50.0 Å². The fourth-order valence-corrected chi connectivity index (χ4v) is 3.07. The maximum Gasteiger partial charge on any atom is 0.0420 e. The van der Waals surface area contributed by atoms with Gasteiger partial charge in [0.25, 0.3) is 0 Å². The number of benzene rings is 1. The van der Waals surface area contributed by atoms with E-state index in [1.165, 1.54) is 55.8 Å². The van der Waals surface area contributed by atoms with Crippen LogP contribution < -0.4 is 10.2 Å². The van der Waals surface area contributed by atoms with Crippen LogP contribution >= 0.6 is 0 Å². The molecule has 98 valence electrons. The monoisotopic (exact) mass is 245 g/mol. The molecule has 3 heteroatoms. The minimum atomic E-state index is 1.12. The molecule has 1 aromatic carbocycles. The van der Waals surface area contributed by atoms with E-state index in [0.29, 0.717) is 0 Å². The second kappa shape index (κ2) is 5.19. The number of nitrogens with zero attached hydrogens (tertiary/aromatic N) is 2. The first-order chi connectivity index (χ1) is 8.84. The highest BCUT2D eigenvalue weighted by Crippen LogP contribution is 2.31. The van der Waals surface area contributed by atoms with Crippen LogP contribution in [0.15, 0.2) is 18.2 Å². The van der Waals surface area contributed by atoms with Crippen molar-refractivity contribution < 1.29 is 0 Å². The van der Waals surface area contributed by atoms with Gasteiger partial charge >= 0.3 is 0 Å². The standard InChI is InChI=1S/C15H23N3/c1-17-9-4-10-18(12-11-17)15-7-2-6-14-13(15)5-3-8-16-14/h2,6-7,16H,3-5,8-12H2,1H3. The van der Waals surface area contributed by atoms with Gasteiger partial charge in [0.1, 0.15) is 0 Å². The first-order valence-corrected chi connectivity index (χ1v) is 7.14. The normalized spacial score (nSPS) is 21.1. The highest BCUT2D eigenvalue weighted by atomic mass is 15.2. The summed E-state index contributed by atoms with van der Waals surface area (Å²) in [5, 5.41) is 3.53. The Morgan fingerprint density at radius 3 is 2.94 bits per heavy atom. The molecule has 0 unspecified atom stereocenters. The van der Waals surface area contributed by atoms with Crippen molar-refractivity contribution in [2.24, 2.45) is 0 Å². The van der Waals surface area contributed by atoms with Crippen LogP contribution in [0.25, 0.3) is 0 Å². The van der Waals surface area contributed by atoms with Gasteiger partial charge in [0, 0.05) is 37.6 Å². The molecular weight excluding hydrogens is 222 g/mol. The Kier molecular flexibility index (Phi) is 3.41. The van der Waals surface area contributed by atoms with E-state index in [2.05, 4.69) is 40.4 Å². The van der Waals surface area contributed by atoms with Gasteiger partial charge in [0.05, 0.1) is 0 Å². The van der Waals surface area contributed by atoms with Crippen LogP contribution in [0.5, 0.6) is 0 Å². The second-order valence-electron chi connectivity index (χ2n) is 5.48. The summed E-state index contributed by atoms with van der Waals surface area (Å²) in [7, 11) is 2.23. The van der Waals surface area contributed by atoms with Crippen LogP contribution in [-0.4, -0.2) is 44.7 Å². The van der Waals surface area contributed by atoms with Gasteiger partial charge in [-0.1, -0.05) is 6.07 Å². The van der Waals surface area contributed by atoms with Crippen LogP contribution in [0.4, 0.5) is 11.4 Å². The van der Waals surface area contributed by atoms with Gasteiger partial charge in [0.15, 0.2) is 0 Å². The van der Waals surface area contributed by atoms with Gasteiger partial charge in [-0.05, 0) is 50.6 Å². The third-order valence-corrected chi connectivity index (χ3v) is 4.13. The zero-order valence-corrected chi connectivity index (χ0v) is 11.3. The fraction of sp³-hybridized carbons (Fsp3) is 0.600. The fourth-order valence-electron chi connectivity index (χ4n) is 3.07. The lowest BCUT2D eigenvalue weighted by atomic mass is 10.0. The highest BCUT2D eigenvalue weighted by Gasteiger charge is 2.18. The number of fused-ring (bicyclic) bond motifs is 1. The van der Waals surface area contributed by atoms with E-state index in [4.69, 9.17) is 0 Å². The first-order valence-electron chi connectivity index (χ1n) is 7.14. The number of rotatable bonds is 1. The summed E-state index contributed by atoms with van der Waals surface area (Å²) < 4.78 is 0. The van der Waals surface area contributed by atoms with Gasteiger partial charge in [-0.3, -0.25) is 0 Å². The Labute approximate surface area is 110 Å². The van der Waals surface area contributed by atoms with Crippen molar-refractivity contribution in [1.82, 2.24) is 4.90 Å². The summed E-state index contributed by atoms with van der Waals surface area (Å²) in [6.45, 7) is 5.88. The summed E-state index contributed by atoms with van der Waals surface area (Å²) >= 11 is 0. The largest absolute Gasteiger partial charge is 0.385 e. The molecule has 2 heterocycles. The molecule has 3 rings (SSSR count). The van der Waals surface area contributed by atoms with Crippen molar-refractivity contribution >= 4 is 11.4 Å². The predicted octanol–water partition coefficient (Wildman–Crippen LogP) is 2.19. The molecule has 1 saturated heterocycles. The molecule has 2 aliphatic heterocycles. The highest BCUT2D eigenvalue weighted by molar-refractivity contribution is 5.68. The molecule has 0 saturated carbocycles. The summed E-state index contributed by atoms with van der Waals surface area (Å²) in [6.07, 6.45) is 3.76. The van der Waals surface area contributed by atoms with Gasteiger partial charge in [-0.25, -0.2) is 0 Å². The molecule has 0 amide bonds. The molecule has 18 heavy (non-hydrogen) atoms. The van der Waals surface area contributed by atoms with Gasteiger partial charge < -0.3 is 15.1 Å². The van der Waals surface area contributed by atoms with Crippen LogP contribution in [-0.2, 0) is 6.42 Å². The average Bonchev–Trinajstić information content (AvgIpc) is 2.63. The maximum atomic E-state index is 3.53. The molecule has 1 aromatic rings. The molecule has 0 spiro atoms. The Balaban J connectivity index is 1.87. The molecule has 2 aliphatic rings. The zero-order valence-electron chi connectivity index (χ0n) is 11.3. The Morgan fingerprint density at radius 2 is 2.00 bits per heavy atom. The SMILES string of the molecule is CN1CCCN(c2cccc3c2CCCN3)CC1.